The van der Waals surface area contributed by atoms with Crippen LogP contribution in [0.3, 0.4) is 0 Å². The zero-order valence-electron chi connectivity index (χ0n) is 8.10. The molecular formula is C9H11N5. The fourth-order valence-electron chi connectivity index (χ4n) is 1.13. The Hall–Kier alpha value is -1.75. The standard InChI is InChI=1S/C9H11N5/c1-14(2)13-9-10-7-5-3-4-6-8(7)11-12-9/h3-6H,1-2H3,(H,10,12,13). The third-order valence-corrected chi connectivity index (χ3v) is 1.68. The molecule has 14 heavy (non-hydrogen) atoms. The summed E-state index contributed by atoms with van der Waals surface area (Å²) in [4.78, 5) is 4.29. The van der Waals surface area contributed by atoms with E-state index in [1.165, 1.54) is 0 Å². The third kappa shape index (κ3) is 1.77. The number of benzene rings is 1. The highest BCUT2D eigenvalue weighted by molar-refractivity contribution is 5.73. The van der Waals surface area contributed by atoms with Crippen LogP contribution in [0.5, 0.6) is 0 Å². The van der Waals surface area contributed by atoms with Crippen LogP contribution in [-0.4, -0.2) is 34.3 Å². The second-order valence-corrected chi connectivity index (χ2v) is 3.13. The van der Waals surface area contributed by atoms with Crippen molar-refractivity contribution in [2.45, 2.75) is 0 Å². The summed E-state index contributed by atoms with van der Waals surface area (Å²) < 4.78 is 0. The van der Waals surface area contributed by atoms with Gasteiger partial charge in [-0.1, -0.05) is 12.1 Å². The first-order valence-corrected chi connectivity index (χ1v) is 4.29. The molecule has 5 heteroatoms. The van der Waals surface area contributed by atoms with E-state index in [9.17, 15) is 0 Å². The molecule has 72 valence electrons. The smallest absolute Gasteiger partial charge is 0.257 e. The summed E-state index contributed by atoms with van der Waals surface area (Å²) in [6.07, 6.45) is 0. The van der Waals surface area contributed by atoms with Gasteiger partial charge in [0.2, 0.25) is 0 Å². The molecule has 1 aromatic heterocycles. The van der Waals surface area contributed by atoms with Crippen molar-refractivity contribution in [3.63, 3.8) is 0 Å². The summed E-state index contributed by atoms with van der Waals surface area (Å²) >= 11 is 0. The molecule has 1 aromatic carbocycles. The Bertz CT molecular complexity index is 440. The van der Waals surface area contributed by atoms with Crippen molar-refractivity contribution in [1.29, 1.82) is 0 Å². The van der Waals surface area contributed by atoms with Crippen molar-refractivity contribution in [2.24, 2.45) is 0 Å². The van der Waals surface area contributed by atoms with Crippen LogP contribution in [0.25, 0.3) is 11.0 Å². The minimum absolute atomic E-state index is 0.508. The SMILES string of the molecule is CN(C)Nc1nnc2ccccc2n1. The van der Waals surface area contributed by atoms with E-state index < -0.39 is 0 Å². The summed E-state index contributed by atoms with van der Waals surface area (Å²) in [7, 11) is 3.75. The lowest BCUT2D eigenvalue weighted by atomic mass is 10.3. The Morgan fingerprint density at radius 1 is 1.07 bits per heavy atom. The van der Waals surface area contributed by atoms with E-state index in [4.69, 9.17) is 0 Å². The summed E-state index contributed by atoms with van der Waals surface area (Å²) in [5, 5.41) is 9.74. The normalized spacial score (nSPS) is 10.8. The molecule has 0 aliphatic heterocycles. The van der Waals surface area contributed by atoms with Crippen LogP contribution in [0.4, 0.5) is 5.95 Å². The second-order valence-electron chi connectivity index (χ2n) is 3.13. The Kier molecular flexibility index (Phi) is 2.24. The van der Waals surface area contributed by atoms with Gasteiger partial charge in [0.1, 0.15) is 5.52 Å². The van der Waals surface area contributed by atoms with E-state index in [-0.39, 0.29) is 0 Å². The fourth-order valence-corrected chi connectivity index (χ4v) is 1.13. The average molecular weight is 189 g/mol. The highest BCUT2D eigenvalue weighted by Crippen LogP contribution is 2.08. The van der Waals surface area contributed by atoms with Gasteiger partial charge in [0.05, 0.1) is 5.52 Å². The second kappa shape index (κ2) is 3.55. The predicted octanol–water partition coefficient (Wildman–Crippen LogP) is 0.913. The zero-order chi connectivity index (χ0) is 9.97. The quantitative estimate of drug-likeness (QED) is 0.712. The Balaban J connectivity index is 2.41. The highest BCUT2D eigenvalue weighted by atomic mass is 15.5. The van der Waals surface area contributed by atoms with Gasteiger partial charge in [0.25, 0.3) is 5.95 Å². The monoisotopic (exact) mass is 189 g/mol. The summed E-state index contributed by atoms with van der Waals surface area (Å²) in [6, 6.07) is 7.63. The van der Waals surface area contributed by atoms with Gasteiger partial charge in [-0.15, -0.1) is 10.2 Å². The van der Waals surface area contributed by atoms with E-state index in [1.54, 1.807) is 5.01 Å². The van der Waals surface area contributed by atoms with Crippen LogP contribution >= 0.6 is 0 Å². The van der Waals surface area contributed by atoms with E-state index >= 15 is 0 Å². The van der Waals surface area contributed by atoms with Crippen molar-refractivity contribution in [3.8, 4) is 0 Å². The molecule has 0 fully saturated rings. The fraction of sp³-hybridized carbons (Fsp3) is 0.222. The van der Waals surface area contributed by atoms with Crippen LogP contribution in [0.1, 0.15) is 0 Å². The summed E-state index contributed by atoms with van der Waals surface area (Å²) in [6.45, 7) is 0. The van der Waals surface area contributed by atoms with Gasteiger partial charge in [-0.25, -0.2) is 9.99 Å². The lowest BCUT2D eigenvalue weighted by Crippen LogP contribution is -2.21. The van der Waals surface area contributed by atoms with Crippen molar-refractivity contribution in [1.82, 2.24) is 20.2 Å². The lowest BCUT2D eigenvalue weighted by Gasteiger charge is -2.10. The van der Waals surface area contributed by atoms with Crippen LogP contribution < -0.4 is 5.43 Å². The Morgan fingerprint density at radius 2 is 1.79 bits per heavy atom. The number of anilines is 1. The van der Waals surface area contributed by atoms with Gasteiger partial charge in [0.15, 0.2) is 0 Å². The number of nitrogens with one attached hydrogen (secondary N) is 1. The lowest BCUT2D eigenvalue weighted by molar-refractivity contribution is 0.488. The summed E-state index contributed by atoms with van der Waals surface area (Å²) in [5.74, 6) is 0.508. The number of hydrazine groups is 1. The van der Waals surface area contributed by atoms with Gasteiger partial charge in [-0.2, -0.15) is 0 Å². The molecule has 0 aliphatic rings. The number of hydrogen-bond donors (Lipinski definition) is 1. The van der Waals surface area contributed by atoms with Crippen LogP contribution in [-0.2, 0) is 0 Å². The van der Waals surface area contributed by atoms with Gasteiger partial charge in [-0.3, -0.25) is 5.43 Å². The van der Waals surface area contributed by atoms with Crippen LogP contribution in [0.2, 0.25) is 0 Å². The minimum atomic E-state index is 0.508. The van der Waals surface area contributed by atoms with Crippen LogP contribution in [0.15, 0.2) is 24.3 Å². The number of hydrogen-bond acceptors (Lipinski definition) is 5. The molecule has 1 heterocycles. The number of aromatic nitrogens is 3. The number of para-hydroxylation sites is 1. The summed E-state index contributed by atoms with van der Waals surface area (Å²) in [5.41, 5.74) is 4.59. The molecule has 0 unspecified atom stereocenters. The first-order valence-electron chi connectivity index (χ1n) is 4.29. The maximum Gasteiger partial charge on any atom is 0.257 e. The third-order valence-electron chi connectivity index (χ3n) is 1.68. The van der Waals surface area contributed by atoms with Gasteiger partial charge >= 0.3 is 0 Å². The molecule has 0 saturated carbocycles. The first kappa shape index (κ1) is 8.83. The number of fused-ring (bicyclic) bond motifs is 1. The number of rotatable bonds is 2. The topological polar surface area (TPSA) is 53.9 Å². The maximum atomic E-state index is 4.29. The van der Waals surface area contributed by atoms with Gasteiger partial charge in [-0.05, 0) is 12.1 Å². The van der Waals surface area contributed by atoms with Crippen molar-refractivity contribution in [2.75, 3.05) is 19.5 Å². The Labute approximate surface area is 81.8 Å². The first-order chi connectivity index (χ1) is 6.75. The van der Waals surface area contributed by atoms with E-state index in [0.717, 1.165) is 11.0 Å². The molecule has 0 bridgehead atoms. The molecule has 0 amide bonds. The van der Waals surface area contributed by atoms with Crippen molar-refractivity contribution < 1.29 is 0 Å². The van der Waals surface area contributed by atoms with Gasteiger partial charge < -0.3 is 0 Å². The van der Waals surface area contributed by atoms with Crippen LogP contribution in [0, 0.1) is 0 Å². The highest BCUT2D eigenvalue weighted by Gasteiger charge is 2.00. The zero-order valence-corrected chi connectivity index (χ0v) is 8.10. The van der Waals surface area contributed by atoms with E-state index in [0.29, 0.717) is 5.95 Å². The average Bonchev–Trinajstić information content (AvgIpc) is 2.17. The largest absolute Gasteiger partial charge is 0.286 e. The molecule has 0 saturated heterocycles. The molecular weight excluding hydrogens is 178 g/mol. The molecule has 0 radical (unpaired) electrons. The minimum Gasteiger partial charge on any atom is -0.286 e. The van der Waals surface area contributed by atoms with Crippen molar-refractivity contribution >= 4 is 17.0 Å². The van der Waals surface area contributed by atoms with E-state index in [2.05, 4.69) is 20.6 Å². The molecule has 2 rings (SSSR count). The molecule has 1 N–H and O–H groups in total. The van der Waals surface area contributed by atoms with Gasteiger partial charge in [0, 0.05) is 14.1 Å². The van der Waals surface area contributed by atoms with E-state index in [1.807, 2.05) is 38.4 Å². The molecule has 0 aliphatic carbocycles. The Morgan fingerprint density at radius 3 is 2.50 bits per heavy atom. The number of nitrogens with zero attached hydrogens (tertiary/aromatic N) is 4. The molecule has 5 nitrogen and oxygen atoms in total. The van der Waals surface area contributed by atoms with Crippen molar-refractivity contribution in [3.05, 3.63) is 24.3 Å². The predicted molar refractivity (Wildman–Crippen MR) is 54.6 cm³/mol. The molecule has 0 atom stereocenters. The molecule has 2 aromatic rings. The molecule has 0 spiro atoms. The maximum absolute atomic E-state index is 4.29.